The molecule has 0 N–H and O–H groups in total. The predicted octanol–water partition coefficient (Wildman–Crippen LogP) is 4.39. The summed E-state index contributed by atoms with van der Waals surface area (Å²) in [7, 11) is 2.02. The first kappa shape index (κ1) is 16.5. The van der Waals surface area contributed by atoms with Crippen LogP contribution >= 0.6 is 0 Å². The number of nitrogens with zero attached hydrogens (tertiary/aromatic N) is 2. The molecule has 4 rings (SSSR count). The zero-order chi connectivity index (χ0) is 18.3. The molecule has 5 heteroatoms. The van der Waals surface area contributed by atoms with Crippen LogP contribution in [0.3, 0.4) is 0 Å². The first-order valence-electron chi connectivity index (χ1n) is 8.52. The van der Waals surface area contributed by atoms with Gasteiger partial charge in [-0.05, 0) is 36.3 Å². The minimum atomic E-state index is -1.00. The second-order valence-corrected chi connectivity index (χ2v) is 6.53. The quantitative estimate of drug-likeness (QED) is 0.672. The fraction of sp³-hybridized carbons (Fsp3) is 0.190. The number of fused-ring (bicyclic) bond motifs is 1. The lowest BCUT2D eigenvalue weighted by Gasteiger charge is -2.26. The minimum Gasteiger partial charge on any atom is -0.350 e. The van der Waals surface area contributed by atoms with Gasteiger partial charge in [0.05, 0.1) is 0 Å². The Labute approximate surface area is 150 Å². The number of aryl methyl sites for hydroxylation is 1. The molecule has 0 radical (unpaired) electrons. The first-order chi connectivity index (χ1) is 12.5. The molecule has 0 spiro atoms. The van der Waals surface area contributed by atoms with Gasteiger partial charge in [-0.3, -0.25) is 4.79 Å². The lowest BCUT2D eigenvalue weighted by Crippen LogP contribution is -2.34. The number of hydrogen-bond acceptors (Lipinski definition) is 1. The zero-order valence-corrected chi connectivity index (χ0v) is 14.4. The summed E-state index contributed by atoms with van der Waals surface area (Å²) in [6.45, 7) is 1.00. The maximum Gasteiger partial charge on any atom is 0.254 e. The number of amides is 1. The van der Waals surface area contributed by atoms with E-state index in [9.17, 15) is 13.6 Å². The second-order valence-electron chi connectivity index (χ2n) is 6.53. The number of halogens is 2. The van der Waals surface area contributed by atoms with Crippen molar-refractivity contribution in [2.45, 2.75) is 6.42 Å². The van der Waals surface area contributed by atoms with Crippen molar-refractivity contribution < 1.29 is 13.6 Å². The highest BCUT2D eigenvalue weighted by atomic mass is 19.2. The summed E-state index contributed by atoms with van der Waals surface area (Å²) in [5.74, 6) is -2.23. The molecule has 1 aliphatic rings. The van der Waals surface area contributed by atoms with Crippen molar-refractivity contribution in [2.75, 3.05) is 13.1 Å². The average molecular weight is 352 g/mol. The van der Waals surface area contributed by atoms with E-state index in [1.165, 1.54) is 28.1 Å². The topological polar surface area (TPSA) is 25.2 Å². The average Bonchev–Trinajstić information content (AvgIpc) is 3.01. The normalized spacial score (nSPS) is 14.6. The Morgan fingerprint density at radius 3 is 2.62 bits per heavy atom. The molecule has 3 aromatic rings. The van der Waals surface area contributed by atoms with Crippen LogP contribution in [0.15, 0.2) is 54.7 Å². The summed E-state index contributed by atoms with van der Waals surface area (Å²) in [6.07, 6.45) is 4.88. The van der Waals surface area contributed by atoms with Gasteiger partial charge in [0.2, 0.25) is 0 Å². The van der Waals surface area contributed by atoms with Gasteiger partial charge in [0.1, 0.15) is 0 Å². The summed E-state index contributed by atoms with van der Waals surface area (Å²) in [5.41, 5.74) is 3.73. The van der Waals surface area contributed by atoms with E-state index in [0.717, 1.165) is 18.6 Å². The number of rotatable bonds is 2. The fourth-order valence-corrected chi connectivity index (χ4v) is 3.51. The summed E-state index contributed by atoms with van der Waals surface area (Å²) < 4.78 is 28.5. The molecular formula is C21H18F2N2O. The summed E-state index contributed by atoms with van der Waals surface area (Å²) in [6, 6.07) is 11.5. The van der Waals surface area contributed by atoms with Crippen molar-refractivity contribution in [1.82, 2.24) is 9.47 Å². The number of benzene rings is 2. The molecule has 0 aliphatic carbocycles. The number of carbonyl (C=O) groups excluding carboxylic acids is 1. The minimum absolute atomic E-state index is 0.172. The van der Waals surface area contributed by atoms with Crippen LogP contribution in [0.25, 0.3) is 16.5 Å². The van der Waals surface area contributed by atoms with E-state index in [-0.39, 0.29) is 11.5 Å². The molecule has 0 bridgehead atoms. The zero-order valence-electron chi connectivity index (χ0n) is 14.4. The van der Waals surface area contributed by atoms with Gasteiger partial charge >= 0.3 is 0 Å². The predicted molar refractivity (Wildman–Crippen MR) is 97.8 cm³/mol. The SMILES string of the molecule is Cn1cc(C2=CCN(C(=O)c3ccc(F)c(F)c3)CC2)c2ccccc21. The van der Waals surface area contributed by atoms with Crippen molar-refractivity contribution >= 4 is 22.4 Å². The Balaban J connectivity index is 1.58. The van der Waals surface area contributed by atoms with Crippen LogP contribution in [0, 0.1) is 11.6 Å². The Morgan fingerprint density at radius 1 is 1.08 bits per heavy atom. The van der Waals surface area contributed by atoms with E-state index in [1.54, 1.807) is 4.90 Å². The third kappa shape index (κ3) is 2.79. The number of para-hydroxylation sites is 1. The van der Waals surface area contributed by atoms with Crippen LogP contribution in [0.1, 0.15) is 22.3 Å². The smallest absolute Gasteiger partial charge is 0.254 e. The van der Waals surface area contributed by atoms with E-state index in [2.05, 4.69) is 22.9 Å². The van der Waals surface area contributed by atoms with Crippen LogP contribution in [-0.2, 0) is 7.05 Å². The molecule has 1 aliphatic heterocycles. The maximum absolute atomic E-state index is 13.4. The molecule has 1 aromatic heterocycles. The van der Waals surface area contributed by atoms with Gasteiger partial charge in [0.25, 0.3) is 5.91 Å². The number of carbonyl (C=O) groups is 1. The fourth-order valence-electron chi connectivity index (χ4n) is 3.51. The van der Waals surface area contributed by atoms with Gasteiger partial charge in [0.15, 0.2) is 11.6 Å². The molecule has 0 fully saturated rings. The van der Waals surface area contributed by atoms with E-state index < -0.39 is 11.6 Å². The standard InChI is InChI=1S/C21H18F2N2O/c1-24-13-17(16-4-2-3-5-20(16)24)14-8-10-25(11-9-14)21(26)15-6-7-18(22)19(23)12-15/h2-8,12-13H,9-11H2,1H3. The van der Waals surface area contributed by atoms with Crippen LogP contribution in [0.4, 0.5) is 8.78 Å². The van der Waals surface area contributed by atoms with Gasteiger partial charge in [-0.2, -0.15) is 0 Å². The highest BCUT2D eigenvalue weighted by molar-refractivity contribution is 5.96. The number of hydrogen-bond donors (Lipinski definition) is 0. The Kier molecular flexibility index (Phi) is 4.07. The number of aromatic nitrogens is 1. The first-order valence-corrected chi connectivity index (χ1v) is 8.52. The molecule has 0 unspecified atom stereocenters. The molecule has 1 amide bonds. The van der Waals surface area contributed by atoms with E-state index in [1.807, 2.05) is 25.3 Å². The molecule has 0 atom stereocenters. The third-order valence-corrected chi connectivity index (χ3v) is 4.91. The van der Waals surface area contributed by atoms with Gasteiger partial charge in [-0.15, -0.1) is 0 Å². The van der Waals surface area contributed by atoms with Gasteiger partial charge in [0, 0.05) is 48.4 Å². The molecule has 2 heterocycles. The van der Waals surface area contributed by atoms with E-state index >= 15 is 0 Å². The highest BCUT2D eigenvalue weighted by Gasteiger charge is 2.21. The molecule has 132 valence electrons. The maximum atomic E-state index is 13.4. The van der Waals surface area contributed by atoms with Gasteiger partial charge in [-0.25, -0.2) is 8.78 Å². The molecular weight excluding hydrogens is 334 g/mol. The highest BCUT2D eigenvalue weighted by Crippen LogP contribution is 2.30. The Hall–Kier alpha value is -2.95. The lowest BCUT2D eigenvalue weighted by molar-refractivity contribution is 0.0772. The van der Waals surface area contributed by atoms with Crippen LogP contribution in [0.2, 0.25) is 0 Å². The Bertz CT molecular complexity index is 1040. The Morgan fingerprint density at radius 2 is 1.88 bits per heavy atom. The monoisotopic (exact) mass is 352 g/mol. The molecule has 3 nitrogen and oxygen atoms in total. The van der Waals surface area contributed by atoms with Crippen LogP contribution in [0.5, 0.6) is 0 Å². The summed E-state index contributed by atoms with van der Waals surface area (Å²) in [4.78, 5) is 14.2. The van der Waals surface area contributed by atoms with Crippen LogP contribution < -0.4 is 0 Å². The van der Waals surface area contributed by atoms with Crippen molar-refractivity contribution in [2.24, 2.45) is 7.05 Å². The molecule has 0 saturated heterocycles. The molecule has 0 saturated carbocycles. The van der Waals surface area contributed by atoms with E-state index in [4.69, 9.17) is 0 Å². The third-order valence-electron chi connectivity index (χ3n) is 4.91. The van der Waals surface area contributed by atoms with Crippen molar-refractivity contribution in [3.63, 3.8) is 0 Å². The van der Waals surface area contributed by atoms with Crippen molar-refractivity contribution in [1.29, 1.82) is 0 Å². The van der Waals surface area contributed by atoms with Crippen molar-refractivity contribution in [3.8, 4) is 0 Å². The summed E-state index contributed by atoms with van der Waals surface area (Å²) in [5, 5.41) is 1.20. The van der Waals surface area contributed by atoms with Gasteiger partial charge < -0.3 is 9.47 Å². The van der Waals surface area contributed by atoms with Crippen LogP contribution in [-0.4, -0.2) is 28.5 Å². The second kappa shape index (κ2) is 6.41. The lowest BCUT2D eigenvalue weighted by atomic mass is 9.98. The molecule has 2 aromatic carbocycles. The summed E-state index contributed by atoms with van der Waals surface area (Å²) >= 11 is 0. The van der Waals surface area contributed by atoms with E-state index in [0.29, 0.717) is 13.1 Å². The molecule has 26 heavy (non-hydrogen) atoms. The van der Waals surface area contributed by atoms with Gasteiger partial charge in [-0.1, -0.05) is 24.3 Å². The largest absolute Gasteiger partial charge is 0.350 e. The van der Waals surface area contributed by atoms with Crippen molar-refractivity contribution in [3.05, 3.63) is 77.5 Å².